The van der Waals surface area contributed by atoms with Gasteiger partial charge in [-0.15, -0.1) is 0 Å². The van der Waals surface area contributed by atoms with Gasteiger partial charge in [0.15, 0.2) is 6.10 Å². The smallest absolute Gasteiger partial charge is 0.416 e. The summed E-state index contributed by atoms with van der Waals surface area (Å²) < 4.78 is 125. The molecule has 0 aliphatic carbocycles. The predicted molar refractivity (Wildman–Crippen MR) is 76.0 cm³/mol. The third kappa shape index (κ3) is 3.87. The topological polar surface area (TPSA) is 52.6 Å². The molecule has 4 nitrogen and oxygen atoms in total. The van der Waals surface area contributed by atoms with Crippen LogP contribution < -0.4 is 0 Å². The molecule has 1 atom stereocenters. The van der Waals surface area contributed by atoms with E-state index < -0.39 is 57.6 Å². The first-order chi connectivity index (χ1) is 12.8. The molecule has 1 saturated heterocycles. The van der Waals surface area contributed by atoms with Crippen molar-refractivity contribution in [3.05, 3.63) is 35.4 Å². The zero-order valence-electron chi connectivity index (χ0n) is 13.2. The molecule has 15 heteroatoms. The number of ether oxygens (including phenoxy) is 2. The zero-order valence-corrected chi connectivity index (χ0v) is 14.7. The van der Waals surface area contributed by atoms with Crippen molar-refractivity contribution in [2.75, 3.05) is 0 Å². The number of halogens is 11. The van der Waals surface area contributed by atoms with Gasteiger partial charge in [0.1, 0.15) is 0 Å². The standard InChI is InChI=1S/C14H5Cl2F9O4/c15-12(19,20)11(13(16,21)22)28-7(9(27)29-11)5-1-3-6(4-2-5)8(26)10(17,18)14(23,24)25/h1-4,7H. The Kier molecular flexibility index (Phi) is 5.61. The zero-order chi connectivity index (χ0) is 22.6. The largest absolute Gasteiger partial charge is 0.461 e. The molecule has 1 aromatic rings. The first kappa shape index (κ1) is 23.5. The minimum Gasteiger partial charge on any atom is -0.416 e. The second kappa shape index (κ2) is 6.91. The second-order valence-corrected chi connectivity index (χ2v) is 6.50. The number of Topliss-reactive ketones (excluding diaryl/α,β-unsaturated/α-hetero) is 1. The maximum atomic E-state index is 13.4. The van der Waals surface area contributed by atoms with E-state index in [1.807, 2.05) is 0 Å². The van der Waals surface area contributed by atoms with Crippen LogP contribution in [-0.2, 0) is 14.3 Å². The molecule has 0 aromatic heterocycles. The molecule has 1 heterocycles. The molecule has 1 aliphatic heterocycles. The Labute approximate surface area is 164 Å². The quantitative estimate of drug-likeness (QED) is 0.257. The SMILES string of the molecule is O=C1OC(C(F)(F)Cl)(C(F)(F)Cl)OC1c1ccc(C(=O)C(F)(F)C(F)(F)F)cc1. The van der Waals surface area contributed by atoms with Crippen molar-refractivity contribution in [1.29, 1.82) is 0 Å². The summed E-state index contributed by atoms with van der Waals surface area (Å²) in [5.41, 5.74) is -1.79. The predicted octanol–water partition coefficient (Wildman–Crippen LogP) is 5.04. The van der Waals surface area contributed by atoms with Crippen LogP contribution in [0, 0.1) is 0 Å². The van der Waals surface area contributed by atoms with Gasteiger partial charge in [0.05, 0.1) is 0 Å². The number of esters is 1. The molecular weight excluding hydrogens is 474 g/mol. The van der Waals surface area contributed by atoms with E-state index in [1.165, 1.54) is 0 Å². The highest BCUT2D eigenvalue weighted by molar-refractivity contribution is 6.26. The number of carbonyl (C=O) groups is 2. The van der Waals surface area contributed by atoms with E-state index in [1.54, 1.807) is 0 Å². The molecule has 0 radical (unpaired) electrons. The molecule has 0 amide bonds. The van der Waals surface area contributed by atoms with Gasteiger partial charge >= 0.3 is 34.6 Å². The van der Waals surface area contributed by atoms with Crippen LogP contribution >= 0.6 is 23.2 Å². The summed E-state index contributed by atoms with van der Waals surface area (Å²) in [6.07, 6.45) is -8.53. The summed E-state index contributed by atoms with van der Waals surface area (Å²) in [7, 11) is 0. The van der Waals surface area contributed by atoms with E-state index in [4.69, 9.17) is 0 Å². The van der Waals surface area contributed by atoms with Crippen LogP contribution in [0.15, 0.2) is 24.3 Å². The molecular formula is C14H5Cl2F9O4. The average molecular weight is 479 g/mol. The van der Waals surface area contributed by atoms with E-state index in [2.05, 4.69) is 32.7 Å². The van der Waals surface area contributed by atoms with Gasteiger partial charge < -0.3 is 9.47 Å². The molecule has 1 fully saturated rings. The van der Waals surface area contributed by atoms with Crippen molar-refractivity contribution in [3.8, 4) is 0 Å². The number of ketones is 1. The lowest BCUT2D eigenvalue weighted by Crippen LogP contribution is -2.57. The van der Waals surface area contributed by atoms with Gasteiger partial charge in [0, 0.05) is 5.56 Å². The average Bonchev–Trinajstić information content (AvgIpc) is 2.92. The van der Waals surface area contributed by atoms with Crippen LogP contribution in [0.5, 0.6) is 0 Å². The Morgan fingerprint density at radius 1 is 0.897 bits per heavy atom. The van der Waals surface area contributed by atoms with Crippen molar-refractivity contribution < 1.29 is 58.6 Å². The lowest BCUT2D eigenvalue weighted by atomic mass is 10.0. The summed E-state index contributed by atoms with van der Waals surface area (Å²) >= 11 is 9.05. The lowest BCUT2D eigenvalue weighted by molar-refractivity contribution is -0.325. The summed E-state index contributed by atoms with van der Waals surface area (Å²) in [6.45, 7) is 0. The van der Waals surface area contributed by atoms with E-state index in [-0.39, 0.29) is 0 Å². The van der Waals surface area contributed by atoms with Crippen LogP contribution in [0.1, 0.15) is 22.0 Å². The molecule has 1 aliphatic rings. The number of alkyl halides is 11. The van der Waals surface area contributed by atoms with Gasteiger partial charge in [0.25, 0.3) is 0 Å². The molecule has 1 unspecified atom stereocenters. The maximum absolute atomic E-state index is 13.4. The van der Waals surface area contributed by atoms with Crippen LogP contribution in [0.2, 0.25) is 0 Å². The third-order valence-corrected chi connectivity index (χ3v) is 4.10. The van der Waals surface area contributed by atoms with Crippen molar-refractivity contribution in [2.45, 2.75) is 34.8 Å². The molecule has 29 heavy (non-hydrogen) atoms. The lowest BCUT2D eigenvalue weighted by Gasteiger charge is -2.32. The number of cyclic esters (lactones) is 1. The molecule has 0 bridgehead atoms. The van der Waals surface area contributed by atoms with Gasteiger partial charge in [-0.2, -0.15) is 39.5 Å². The Morgan fingerprint density at radius 3 is 1.69 bits per heavy atom. The van der Waals surface area contributed by atoms with Gasteiger partial charge in [-0.25, -0.2) is 4.79 Å². The highest BCUT2D eigenvalue weighted by Gasteiger charge is 2.77. The van der Waals surface area contributed by atoms with Crippen LogP contribution in [0.3, 0.4) is 0 Å². The normalized spacial score (nSPS) is 20.5. The third-order valence-electron chi connectivity index (χ3n) is 3.61. The summed E-state index contributed by atoms with van der Waals surface area (Å²) in [5.74, 6) is -14.7. The number of rotatable bonds is 5. The Bertz CT molecular complexity index is 798. The molecule has 0 saturated carbocycles. The molecule has 0 N–H and O–H groups in total. The fourth-order valence-electron chi connectivity index (χ4n) is 2.17. The maximum Gasteiger partial charge on any atom is 0.461 e. The van der Waals surface area contributed by atoms with Crippen LogP contribution in [-0.4, -0.2) is 40.4 Å². The first-order valence-electron chi connectivity index (χ1n) is 6.98. The van der Waals surface area contributed by atoms with Crippen molar-refractivity contribution in [3.63, 3.8) is 0 Å². The Morgan fingerprint density at radius 2 is 1.34 bits per heavy atom. The molecule has 2 rings (SSSR count). The van der Waals surface area contributed by atoms with E-state index >= 15 is 0 Å². The van der Waals surface area contributed by atoms with E-state index in [0.717, 1.165) is 0 Å². The van der Waals surface area contributed by atoms with Gasteiger partial charge in [-0.1, -0.05) is 24.3 Å². The Hall–Kier alpha value is -1.73. The number of hydrogen-bond acceptors (Lipinski definition) is 4. The van der Waals surface area contributed by atoms with Gasteiger partial charge in [0.2, 0.25) is 5.78 Å². The minimum atomic E-state index is -6.20. The highest BCUT2D eigenvalue weighted by Crippen LogP contribution is 2.55. The molecule has 162 valence electrons. The molecule has 1 aromatic carbocycles. The van der Waals surface area contributed by atoms with Crippen molar-refractivity contribution in [1.82, 2.24) is 0 Å². The number of hydrogen-bond donors (Lipinski definition) is 0. The Balaban J connectivity index is 2.36. The minimum absolute atomic E-state index is 0.367. The summed E-state index contributed by atoms with van der Waals surface area (Å²) in [4.78, 5) is 23.1. The second-order valence-electron chi connectivity index (χ2n) is 5.55. The van der Waals surface area contributed by atoms with Gasteiger partial charge in [-0.3, -0.25) is 4.79 Å². The van der Waals surface area contributed by atoms with Crippen molar-refractivity contribution in [2.24, 2.45) is 0 Å². The van der Waals surface area contributed by atoms with Gasteiger partial charge in [-0.05, 0) is 28.8 Å². The summed E-state index contributed by atoms with van der Waals surface area (Å²) in [6, 6.07) is 1.79. The van der Waals surface area contributed by atoms with Crippen molar-refractivity contribution >= 4 is 35.0 Å². The molecule has 0 spiro atoms. The number of carbonyl (C=O) groups excluding carboxylic acids is 2. The summed E-state index contributed by atoms with van der Waals surface area (Å²) in [5, 5.41) is -10.1. The van der Waals surface area contributed by atoms with Crippen LogP contribution in [0.4, 0.5) is 39.5 Å². The van der Waals surface area contributed by atoms with Crippen LogP contribution in [0.25, 0.3) is 0 Å². The number of benzene rings is 1. The fourth-order valence-corrected chi connectivity index (χ4v) is 2.62. The monoisotopic (exact) mass is 478 g/mol. The van der Waals surface area contributed by atoms with E-state index in [0.29, 0.717) is 24.3 Å². The first-order valence-corrected chi connectivity index (χ1v) is 7.74. The van der Waals surface area contributed by atoms with E-state index in [9.17, 15) is 49.1 Å². The highest BCUT2D eigenvalue weighted by atomic mass is 35.5. The fraction of sp³-hybridized carbons (Fsp3) is 0.429.